The SMILES string of the molecule is Cc1cc(C(C)(C)C)ccc1N1c2cc(N(c3ccccc3)C3C=CC=CC3)cc3c2B(c2cc4c(cc2N3C2=CC3=C(CC2)C(C)(C)CCC3(C)C)C(C)(C)CCC4(C)C)c2sc3ccc(C(C)(C)C)cc3c21. The lowest BCUT2D eigenvalue weighted by molar-refractivity contribution is 0.257. The number of nitrogens with zero attached hydrogens (tertiary/aromatic N) is 3. The van der Waals surface area contributed by atoms with Crippen molar-refractivity contribution in [2.45, 2.75) is 177 Å². The third-order valence-electron chi connectivity index (χ3n) is 18.9. The van der Waals surface area contributed by atoms with Crippen LogP contribution in [0.5, 0.6) is 0 Å². The Morgan fingerprint density at radius 2 is 1.24 bits per heavy atom. The molecule has 5 aromatic carbocycles. The first kappa shape index (κ1) is 49.4. The molecule has 6 aliphatic rings. The van der Waals surface area contributed by atoms with Gasteiger partial charge in [-0.1, -0.05) is 169 Å². The topological polar surface area (TPSA) is 9.72 Å². The van der Waals surface area contributed by atoms with E-state index in [1.807, 2.05) is 11.3 Å². The second-order valence-electron chi connectivity index (χ2n) is 27.9. The van der Waals surface area contributed by atoms with Gasteiger partial charge in [0.2, 0.25) is 0 Å². The lowest BCUT2D eigenvalue weighted by atomic mass is 9.35. The summed E-state index contributed by atoms with van der Waals surface area (Å²) < 4.78 is 2.82. The largest absolute Gasteiger partial charge is 0.334 e. The maximum absolute atomic E-state index is 2.83. The fourth-order valence-electron chi connectivity index (χ4n) is 14.1. The van der Waals surface area contributed by atoms with Crippen molar-refractivity contribution in [3.05, 3.63) is 166 Å². The molecule has 0 bridgehead atoms. The van der Waals surface area contributed by atoms with Crippen molar-refractivity contribution in [1.29, 1.82) is 0 Å². The van der Waals surface area contributed by atoms with Gasteiger partial charge in [-0.2, -0.15) is 0 Å². The normalized spacial score (nSPS) is 20.9. The standard InChI is InChI=1S/C69H80BN3S/c1-43-36-44(64(2,3)4)26-30-56(43)73-59-40-49(71(46-22-18-16-19-23-46)47-24-20-17-21-25-47)39-58-61(59)70(63-62(73)50-37-45(65(5,6)7)27-31-60(50)74-63)55-41-53-54(69(14,15)35-34-68(53,12)13)42-57(55)72(58)48-28-29-51-52(38-48)67(10,11)33-32-66(51,8)9/h16-24,26-27,30-31,36-42,47H,25,28-29,32-35H2,1-15H3. The van der Waals surface area contributed by atoms with Crippen LogP contribution in [-0.2, 0) is 21.7 Å². The molecule has 1 atom stereocenters. The summed E-state index contributed by atoms with van der Waals surface area (Å²) in [5.74, 6) is 0. The van der Waals surface area contributed by atoms with Crippen molar-refractivity contribution < 1.29 is 0 Å². The first-order valence-corrected chi connectivity index (χ1v) is 28.9. The molecule has 0 saturated carbocycles. The maximum atomic E-state index is 2.83. The highest BCUT2D eigenvalue weighted by Crippen LogP contribution is 2.57. The van der Waals surface area contributed by atoms with Gasteiger partial charge in [0, 0.05) is 54.7 Å². The van der Waals surface area contributed by atoms with Gasteiger partial charge in [0.15, 0.2) is 0 Å². The van der Waals surface area contributed by atoms with Crippen molar-refractivity contribution in [3.63, 3.8) is 0 Å². The summed E-state index contributed by atoms with van der Waals surface area (Å²) in [5, 5.41) is 1.36. The monoisotopic (exact) mass is 994 g/mol. The highest BCUT2D eigenvalue weighted by molar-refractivity contribution is 7.33. The molecule has 380 valence electrons. The number of anilines is 7. The van der Waals surface area contributed by atoms with E-state index in [-0.39, 0.29) is 45.2 Å². The lowest BCUT2D eigenvalue weighted by Crippen LogP contribution is -2.61. The Labute approximate surface area is 449 Å². The van der Waals surface area contributed by atoms with Crippen molar-refractivity contribution >= 4 is 83.6 Å². The summed E-state index contributed by atoms with van der Waals surface area (Å²) in [6.07, 6.45) is 19.8. The van der Waals surface area contributed by atoms with E-state index in [0.717, 1.165) is 19.3 Å². The lowest BCUT2D eigenvalue weighted by Gasteiger charge is -2.49. The number of para-hydroxylation sites is 1. The van der Waals surface area contributed by atoms with Crippen LogP contribution in [0.2, 0.25) is 0 Å². The summed E-state index contributed by atoms with van der Waals surface area (Å²) >= 11 is 2.04. The zero-order valence-electron chi connectivity index (χ0n) is 47.4. The Balaban J connectivity index is 1.25. The molecule has 0 saturated heterocycles. The Bertz CT molecular complexity index is 3430. The summed E-state index contributed by atoms with van der Waals surface area (Å²) in [7, 11) is 0. The molecular formula is C69H80BN3S. The quantitative estimate of drug-likeness (QED) is 0.159. The number of thiophene rings is 1. The smallest absolute Gasteiger partial charge is 0.264 e. The molecule has 3 heterocycles. The highest BCUT2D eigenvalue weighted by Gasteiger charge is 2.50. The average Bonchev–Trinajstić information content (AvgIpc) is 3.73. The van der Waals surface area contributed by atoms with Crippen LogP contribution < -0.4 is 30.4 Å². The summed E-state index contributed by atoms with van der Waals surface area (Å²) in [6.45, 7) is 36.7. The molecular weight excluding hydrogens is 914 g/mol. The minimum absolute atomic E-state index is 0.0102. The van der Waals surface area contributed by atoms with Gasteiger partial charge in [0.25, 0.3) is 6.71 Å². The molecule has 5 heteroatoms. The molecule has 0 spiro atoms. The molecule has 2 aliphatic heterocycles. The van der Waals surface area contributed by atoms with Crippen molar-refractivity contribution in [3.8, 4) is 0 Å². The van der Waals surface area contributed by atoms with E-state index in [2.05, 4.69) is 240 Å². The van der Waals surface area contributed by atoms with Gasteiger partial charge in [-0.3, -0.25) is 0 Å². The molecule has 1 aromatic heterocycles. The van der Waals surface area contributed by atoms with Crippen molar-refractivity contribution in [1.82, 2.24) is 0 Å². The second-order valence-corrected chi connectivity index (χ2v) is 29.0. The molecule has 0 N–H and O–H groups in total. The van der Waals surface area contributed by atoms with Crippen LogP contribution in [0.4, 0.5) is 39.8 Å². The van der Waals surface area contributed by atoms with E-state index in [0.29, 0.717) is 0 Å². The Morgan fingerprint density at radius 1 is 0.608 bits per heavy atom. The van der Waals surface area contributed by atoms with Crippen LogP contribution >= 0.6 is 11.3 Å². The number of benzene rings is 5. The van der Waals surface area contributed by atoms with Gasteiger partial charge >= 0.3 is 0 Å². The molecule has 12 rings (SSSR count). The van der Waals surface area contributed by atoms with E-state index in [4.69, 9.17) is 0 Å². The van der Waals surface area contributed by atoms with Crippen LogP contribution in [0.3, 0.4) is 0 Å². The van der Waals surface area contributed by atoms with Crippen LogP contribution in [0, 0.1) is 17.8 Å². The van der Waals surface area contributed by atoms with Crippen molar-refractivity contribution in [2.75, 3.05) is 14.7 Å². The van der Waals surface area contributed by atoms with Gasteiger partial charge in [0.05, 0.1) is 11.7 Å². The number of hydrogen-bond donors (Lipinski definition) is 0. The van der Waals surface area contributed by atoms with Crippen LogP contribution in [0.25, 0.3) is 10.1 Å². The molecule has 6 aromatic rings. The molecule has 74 heavy (non-hydrogen) atoms. The third-order valence-corrected chi connectivity index (χ3v) is 20.1. The number of hydrogen-bond acceptors (Lipinski definition) is 4. The van der Waals surface area contributed by atoms with E-state index in [9.17, 15) is 0 Å². The van der Waals surface area contributed by atoms with Crippen LogP contribution in [0.1, 0.15) is 170 Å². The minimum Gasteiger partial charge on any atom is -0.334 e. The number of fused-ring (bicyclic) bond motifs is 7. The van der Waals surface area contributed by atoms with Gasteiger partial charge in [-0.05, 0) is 183 Å². The van der Waals surface area contributed by atoms with Gasteiger partial charge < -0.3 is 14.7 Å². The average molecular weight is 994 g/mol. The van der Waals surface area contributed by atoms with Gasteiger partial charge in [-0.25, -0.2) is 0 Å². The Hall–Kier alpha value is -5.52. The van der Waals surface area contributed by atoms with Gasteiger partial charge in [0.1, 0.15) is 0 Å². The third kappa shape index (κ3) is 7.78. The molecule has 0 fully saturated rings. The summed E-state index contributed by atoms with van der Waals surface area (Å²) in [4.78, 5) is 8.22. The number of aryl methyl sites for hydroxylation is 1. The minimum atomic E-state index is -0.0102. The first-order valence-electron chi connectivity index (χ1n) is 28.1. The first-order chi connectivity index (χ1) is 34.8. The van der Waals surface area contributed by atoms with Crippen molar-refractivity contribution in [2.24, 2.45) is 10.8 Å². The van der Waals surface area contributed by atoms with Gasteiger partial charge in [-0.15, -0.1) is 11.3 Å². The predicted octanol–water partition coefficient (Wildman–Crippen LogP) is 17.7. The second kappa shape index (κ2) is 16.7. The molecule has 0 amide bonds. The molecule has 3 nitrogen and oxygen atoms in total. The Morgan fingerprint density at radius 3 is 1.91 bits per heavy atom. The van der Waals surface area contributed by atoms with E-state index in [1.54, 1.807) is 11.1 Å². The maximum Gasteiger partial charge on any atom is 0.264 e. The van der Waals surface area contributed by atoms with Crippen LogP contribution in [-0.4, -0.2) is 12.8 Å². The van der Waals surface area contributed by atoms with E-state index < -0.39 is 0 Å². The van der Waals surface area contributed by atoms with E-state index in [1.165, 1.54) is 125 Å². The highest BCUT2D eigenvalue weighted by atomic mass is 32.1. The predicted molar refractivity (Wildman–Crippen MR) is 324 cm³/mol. The number of rotatable bonds is 5. The van der Waals surface area contributed by atoms with Crippen LogP contribution in [0.15, 0.2) is 138 Å². The fraction of sp³-hybridized carbons (Fsp3) is 0.420. The zero-order valence-corrected chi connectivity index (χ0v) is 48.2. The summed E-state index contributed by atoms with van der Waals surface area (Å²) in [5.41, 5.74) is 24.1. The molecule has 1 unspecified atom stereocenters. The van der Waals surface area contributed by atoms with E-state index >= 15 is 0 Å². The zero-order chi connectivity index (χ0) is 52.2. The molecule has 4 aliphatic carbocycles. The summed E-state index contributed by atoms with van der Waals surface area (Å²) in [6, 6.07) is 36.8. The molecule has 0 radical (unpaired) electrons. The number of allylic oxidation sites excluding steroid dienone is 6. The fourth-order valence-corrected chi connectivity index (χ4v) is 15.4. The Kier molecular flexibility index (Phi) is 11.2.